The number of para-hydroxylation sites is 1. The fourth-order valence-corrected chi connectivity index (χ4v) is 3.62. The van der Waals surface area contributed by atoms with Crippen molar-refractivity contribution in [1.29, 1.82) is 0 Å². The summed E-state index contributed by atoms with van der Waals surface area (Å²) in [6, 6.07) is 20.9. The van der Waals surface area contributed by atoms with Crippen LogP contribution in [0.4, 0.5) is 5.69 Å². The van der Waals surface area contributed by atoms with Crippen LogP contribution in [0, 0.1) is 6.92 Å². The summed E-state index contributed by atoms with van der Waals surface area (Å²) in [7, 11) is 0. The van der Waals surface area contributed by atoms with Gasteiger partial charge in [-0.05, 0) is 54.4 Å². The molecule has 0 heterocycles. The number of nitrogens with zero attached hydrogens (tertiary/aromatic N) is 1. The van der Waals surface area contributed by atoms with Gasteiger partial charge in [0.15, 0.2) is 0 Å². The summed E-state index contributed by atoms with van der Waals surface area (Å²) in [5.74, 6) is 1.21. The van der Waals surface area contributed by atoms with Crippen molar-refractivity contribution in [3.05, 3.63) is 86.8 Å². The topological polar surface area (TPSA) is 62.7 Å². The number of carbonyl (C=O) groups is 1. The Labute approximate surface area is 186 Å². The highest BCUT2D eigenvalue weighted by Crippen LogP contribution is 2.28. The van der Waals surface area contributed by atoms with Crippen molar-refractivity contribution < 1.29 is 9.53 Å². The first-order valence-electron chi connectivity index (χ1n) is 8.85. The third kappa shape index (κ3) is 6.44. The molecule has 0 fully saturated rings. The van der Waals surface area contributed by atoms with Crippen LogP contribution in [0.1, 0.15) is 11.1 Å². The van der Waals surface area contributed by atoms with E-state index >= 15 is 0 Å². The van der Waals surface area contributed by atoms with Crippen LogP contribution in [0.25, 0.3) is 0 Å². The summed E-state index contributed by atoms with van der Waals surface area (Å²) in [4.78, 5) is 12.0. The van der Waals surface area contributed by atoms with Crippen molar-refractivity contribution in [2.24, 2.45) is 5.10 Å². The second-order valence-electron chi connectivity index (χ2n) is 6.20. The minimum absolute atomic E-state index is 0.108. The third-order valence-electron chi connectivity index (χ3n) is 3.97. The number of hydrogen-bond acceptors (Lipinski definition) is 4. The highest BCUT2D eigenvalue weighted by atomic mass is 79.9. The Balaban J connectivity index is 1.52. The Kier molecular flexibility index (Phi) is 7.43. The molecule has 7 heteroatoms. The summed E-state index contributed by atoms with van der Waals surface area (Å²) in [5.41, 5.74) is 5.27. The van der Waals surface area contributed by atoms with Crippen molar-refractivity contribution in [3.8, 4) is 11.5 Å². The van der Waals surface area contributed by atoms with Gasteiger partial charge in [-0.15, -0.1) is 0 Å². The summed E-state index contributed by atoms with van der Waals surface area (Å²) < 4.78 is 7.72. The molecule has 3 rings (SSSR count). The molecule has 29 heavy (non-hydrogen) atoms. The lowest BCUT2D eigenvalue weighted by Crippen LogP contribution is -2.25. The molecule has 0 aromatic heterocycles. The number of carbonyl (C=O) groups excluding carboxylic acids is 1. The van der Waals surface area contributed by atoms with Crippen LogP contribution in [-0.4, -0.2) is 18.7 Å². The second kappa shape index (κ2) is 10.2. The zero-order chi connectivity index (χ0) is 20.6. The van der Waals surface area contributed by atoms with E-state index in [0.29, 0.717) is 5.75 Å². The summed E-state index contributed by atoms with van der Waals surface area (Å²) in [6.45, 7) is 2.11. The lowest BCUT2D eigenvalue weighted by molar-refractivity contribution is -0.119. The SMILES string of the molecule is Cc1c(Br)cc(NCC(=O)N/N=C\c2cccc(Oc3ccccc3)c2)cc1Br. The summed E-state index contributed by atoms with van der Waals surface area (Å²) in [5, 5.41) is 7.09. The van der Waals surface area contributed by atoms with Crippen LogP contribution in [-0.2, 0) is 4.79 Å². The number of anilines is 1. The zero-order valence-electron chi connectivity index (χ0n) is 15.7. The molecule has 0 atom stereocenters. The average Bonchev–Trinajstić information content (AvgIpc) is 2.71. The highest BCUT2D eigenvalue weighted by molar-refractivity contribution is 9.11. The molecule has 0 aliphatic heterocycles. The predicted molar refractivity (Wildman–Crippen MR) is 124 cm³/mol. The Hall–Kier alpha value is -2.64. The van der Waals surface area contributed by atoms with E-state index in [9.17, 15) is 4.79 Å². The van der Waals surface area contributed by atoms with Gasteiger partial charge >= 0.3 is 0 Å². The summed E-state index contributed by atoms with van der Waals surface area (Å²) >= 11 is 6.99. The molecule has 0 saturated heterocycles. The van der Waals surface area contributed by atoms with Crippen LogP contribution in [0.5, 0.6) is 11.5 Å². The molecule has 0 bridgehead atoms. The van der Waals surface area contributed by atoms with Gasteiger partial charge in [-0.2, -0.15) is 5.10 Å². The molecule has 0 aliphatic carbocycles. The molecule has 1 amide bonds. The standard InChI is InChI=1S/C22H19Br2N3O2/c1-15-20(23)11-17(12-21(15)24)25-14-22(28)27-26-13-16-6-5-9-19(10-16)29-18-7-3-2-4-8-18/h2-13,25H,14H2,1H3,(H,27,28)/b26-13-. The van der Waals surface area contributed by atoms with Gasteiger partial charge in [0.05, 0.1) is 12.8 Å². The van der Waals surface area contributed by atoms with Gasteiger partial charge in [0.25, 0.3) is 5.91 Å². The van der Waals surface area contributed by atoms with E-state index in [0.717, 1.165) is 31.5 Å². The van der Waals surface area contributed by atoms with Crippen molar-refractivity contribution in [2.45, 2.75) is 6.92 Å². The van der Waals surface area contributed by atoms with Crippen LogP contribution < -0.4 is 15.5 Å². The maximum Gasteiger partial charge on any atom is 0.259 e. The first-order chi connectivity index (χ1) is 14.0. The van der Waals surface area contributed by atoms with E-state index in [-0.39, 0.29) is 12.5 Å². The molecule has 0 radical (unpaired) electrons. The fraction of sp³-hybridized carbons (Fsp3) is 0.0909. The molecule has 0 spiro atoms. The van der Waals surface area contributed by atoms with Gasteiger partial charge in [-0.1, -0.05) is 62.2 Å². The third-order valence-corrected chi connectivity index (χ3v) is 5.62. The van der Waals surface area contributed by atoms with Gasteiger partial charge in [-0.25, -0.2) is 5.43 Å². The first kappa shape index (κ1) is 21.1. The monoisotopic (exact) mass is 515 g/mol. The number of nitrogens with one attached hydrogen (secondary N) is 2. The van der Waals surface area contributed by atoms with Gasteiger partial charge < -0.3 is 10.1 Å². The van der Waals surface area contributed by atoms with Gasteiger partial charge in [0.2, 0.25) is 0 Å². The largest absolute Gasteiger partial charge is 0.457 e. The predicted octanol–water partition coefficient (Wildman–Crippen LogP) is 5.87. The lowest BCUT2D eigenvalue weighted by Gasteiger charge is -2.09. The minimum atomic E-state index is -0.245. The zero-order valence-corrected chi connectivity index (χ0v) is 18.8. The van der Waals surface area contributed by atoms with E-state index in [4.69, 9.17) is 4.74 Å². The lowest BCUT2D eigenvalue weighted by atomic mass is 10.2. The molecule has 3 aromatic rings. The van der Waals surface area contributed by atoms with Crippen molar-refractivity contribution in [3.63, 3.8) is 0 Å². The summed E-state index contributed by atoms with van der Waals surface area (Å²) in [6.07, 6.45) is 1.58. The van der Waals surface area contributed by atoms with Crippen molar-refractivity contribution >= 4 is 49.7 Å². The number of hydrogen-bond donors (Lipinski definition) is 2. The van der Waals surface area contributed by atoms with E-state index < -0.39 is 0 Å². The molecular weight excluding hydrogens is 498 g/mol. The smallest absolute Gasteiger partial charge is 0.259 e. The molecule has 3 aromatic carbocycles. The van der Waals surface area contributed by atoms with Crippen LogP contribution in [0.3, 0.4) is 0 Å². The Morgan fingerprint density at radius 2 is 1.69 bits per heavy atom. The molecule has 148 valence electrons. The van der Waals surface area contributed by atoms with Crippen molar-refractivity contribution in [1.82, 2.24) is 5.43 Å². The number of hydrazone groups is 1. The van der Waals surface area contributed by atoms with E-state index in [1.807, 2.05) is 73.7 Å². The fourth-order valence-electron chi connectivity index (χ4n) is 2.43. The number of ether oxygens (including phenoxy) is 1. The maximum absolute atomic E-state index is 12.0. The van der Waals surface area contributed by atoms with E-state index in [1.54, 1.807) is 6.21 Å². The van der Waals surface area contributed by atoms with Crippen LogP contribution >= 0.6 is 31.9 Å². The minimum Gasteiger partial charge on any atom is -0.457 e. The number of benzene rings is 3. The Morgan fingerprint density at radius 1 is 1.00 bits per heavy atom. The van der Waals surface area contributed by atoms with Crippen molar-refractivity contribution in [2.75, 3.05) is 11.9 Å². The van der Waals surface area contributed by atoms with Gasteiger partial charge in [0.1, 0.15) is 11.5 Å². The van der Waals surface area contributed by atoms with Crippen LogP contribution in [0.15, 0.2) is 80.8 Å². The molecule has 0 saturated carbocycles. The molecule has 2 N–H and O–H groups in total. The molecule has 0 aliphatic rings. The Bertz CT molecular complexity index is 1000. The second-order valence-corrected chi connectivity index (χ2v) is 7.91. The van der Waals surface area contributed by atoms with Gasteiger partial charge in [0, 0.05) is 14.6 Å². The van der Waals surface area contributed by atoms with Gasteiger partial charge in [-0.3, -0.25) is 4.79 Å². The maximum atomic E-state index is 12.0. The molecule has 0 unspecified atom stereocenters. The quantitative estimate of drug-likeness (QED) is 0.304. The number of rotatable bonds is 7. The highest BCUT2D eigenvalue weighted by Gasteiger charge is 2.05. The number of halogens is 2. The number of amides is 1. The molecule has 5 nitrogen and oxygen atoms in total. The molecular formula is C22H19Br2N3O2. The normalized spacial score (nSPS) is 10.7. The van der Waals surface area contributed by atoms with Crippen LogP contribution in [0.2, 0.25) is 0 Å². The van der Waals surface area contributed by atoms with E-state index in [2.05, 4.69) is 47.7 Å². The van der Waals surface area contributed by atoms with E-state index in [1.165, 1.54) is 0 Å². The first-order valence-corrected chi connectivity index (χ1v) is 10.4. The average molecular weight is 517 g/mol. The Morgan fingerprint density at radius 3 is 2.41 bits per heavy atom.